The quantitative estimate of drug-likeness (QED) is 0.331. The molecular formula is C18H19N3O4. The van der Waals surface area contributed by atoms with E-state index in [0.717, 1.165) is 0 Å². The first kappa shape index (κ1) is 18.0. The number of carbonyl (C=O) groups is 2. The summed E-state index contributed by atoms with van der Waals surface area (Å²) < 4.78 is 5.55. The molecule has 1 amide bonds. The summed E-state index contributed by atoms with van der Waals surface area (Å²) in [7, 11) is 0. The van der Waals surface area contributed by atoms with E-state index >= 15 is 0 Å². The van der Waals surface area contributed by atoms with Gasteiger partial charge in [0.15, 0.2) is 0 Å². The fraction of sp³-hybridized carbons (Fsp3) is 0.167. The van der Waals surface area contributed by atoms with Crippen LogP contribution in [0.5, 0.6) is 5.75 Å². The van der Waals surface area contributed by atoms with E-state index < -0.39 is 5.97 Å². The molecule has 0 saturated heterocycles. The minimum Gasteiger partial charge on any atom is -0.494 e. The predicted molar refractivity (Wildman–Crippen MR) is 93.3 cm³/mol. The highest BCUT2D eigenvalue weighted by Crippen LogP contribution is 2.13. The molecule has 0 aliphatic carbocycles. The molecule has 2 aromatic rings. The average Bonchev–Trinajstić information content (AvgIpc) is 2.61. The van der Waals surface area contributed by atoms with E-state index in [2.05, 4.69) is 5.32 Å². The first-order valence-corrected chi connectivity index (χ1v) is 7.66. The van der Waals surface area contributed by atoms with E-state index in [4.69, 9.17) is 21.0 Å². The van der Waals surface area contributed by atoms with Gasteiger partial charge in [0.1, 0.15) is 11.6 Å². The molecular weight excluding hydrogens is 322 g/mol. The molecule has 0 aliphatic heterocycles. The lowest BCUT2D eigenvalue weighted by atomic mass is 10.1. The number of nitrogens with two attached hydrogens (primary N) is 1. The van der Waals surface area contributed by atoms with Gasteiger partial charge in [-0.1, -0.05) is 18.2 Å². The van der Waals surface area contributed by atoms with Crippen molar-refractivity contribution in [3.8, 4) is 5.75 Å². The van der Waals surface area contributed by atoms with Gasteiger partial charge in [-0.3, -0.25) is 10.2 Å². The number of amides is 1. The number of rotatable bonds is 8. The van der Waals surface area contributed by atoms with Crippen LogP contribution in [0.25, 0.3) is 0 Å². The Hall–Kier alpha value is -3.35. The van der Waals surface area contributed by atoms with Gasteiger partial charge in [0.2, 0.25) is 0 Å². The Morgan fingerprint density at radius 2 is 1.76 bits per heavy atom. The Morgan fingerprint density at radius 3 is 2.48 bits per heavy atom. The summed E-state index contributed by atoms with van der Waals surface area (Å²) in [6.07, 6.45) is 0.578. The lowest BCUT2D eigenvalue weighted by molar-refractivity contribution is 0.0697. The minimum atomic E-state index is -1.07. The topological polar surface area (TPSA) is 126 Å². The number of ether oxygens (including phenoxy) is 1. The lowest BCUT2D eigenvalue weighted by Crippen LogP contribution is -2.25. The number of carboxylic acid groups (broad SMARTS) is 1. The van der Waals surface area contributed by atoms with Crippen LogP contribution in [0.1, 0.15) is 32.7 Å². The van der Waals surface area contributed by atoms with E-state index in [0.29, 0.717) is 36.4 Å². The van der Waals surface area contributed by atoms with Gasteiger partial charge in [-0.05, 0) is 36.8 Å². The lowest BCUT2D eigenvalue weighted by Gasteiger charge is -2.09. The van der Waals surface area contributed by atoms with Crippen molar-refractivity contribution in [3.63, 3.8) is 0 Å². The van der Waals surface area contributed by atoms with Crippen LogP contribution in [0.2, 0.25) is 0 Å². The Bertz CT molecular complexity index is 789. The third-order valence-electron chi connectivity index (χ3n) is 3.39. The van der Waals surface area contributed by atoms with Crippen molar-refractivity contribution in [2.75, 3.05) is 13.2 Å². The number of benzene rings is 2. The summed E-state index contributed by atoms with van der Waals surface area (Å²) in [5.41, 5.74) is 6.38. The molecule has 0 aliphatic rings. The highest BCUT2D eigenvalue weighted by atomic mass is 16.5. The fourth-order valence-corrected chi connectivity index (χ4v) is 2.11. The van der Waals surface area contributed by atoms with Crippen LogP contribution in [0.4, 0.5) is 0 Å². The van der Waals surface area contributed by atoms with Crippen LogP contribution < -0.4 is 15.8 Å². The number of carboxylic acids is 1. The second-order valence-electron chi connectivity index (χ2n) is 5.29. The van der Waals surface area contributed by atoms with Gasteiger partial charge in [-0.2, -0.15) is 0 Å². The number of hydrogen-bond donors (Lipinski definition) is 4. The second kappa shape index (κ2) is 8.49. The maximum atomic E-state index is 12.0. The molecule has 0 fully saturated rings. The highest BCUT2D eigenvalue weighted by Gasteiger charge is 2.08. The first-order chi connectivity index (χ1) is 12.0. The van der Waals surface area contributed by atoms with E-state index in [1.165, 1.54) is 18.2 Å². The third-order valence-corrected chi connectivity index (χ3v) is 3.39. The average molecular weight is 341 g/mol. The zero-order chi connectivity index (χ0) is 18.2. The van der Waals surface area contributed by atoms with Gasteiger partial charge in [0, 0.05) is 17.7 Å². The van der Waals surface area contributed by atoms with Gasteiger partial charge in [-0.25, -0.2) is 4.79 Å². The molecule has 0 aromatic heterocycles. The van der Waals surface area contributed by atoms with E-state index in [1.54, 1.807) is 30.3 Å². The second-order valence-corrected chi connectivity index (χ2v) is 5.29. The van der Waals surface area contributed by atoms with Crippen molar-refractivity contribution in [1.82, 2.24) is 5.32 Å². The number of carbonyl (C=O) groups excluding carboxylic acids is 1. The SMILES string of the molecule is N=C(N)c1cccc(OCCCNC(=O)c2cccc(C(=O)O)c2)c1. The molecule has 130 valence electrons. The Kier molecular flexibility index (Phi) is 6.11. The van der Waals surface area contributed by atoms with Gasteiger partial charge in [0.25, 0.3) is 5.91 Å². The number of aromatic carboxylic acids is 1. The number of amidine groups is 1. The van der Waals surface area contributed by atoms with Crippen molar-refractivity contribution in [2.24, 2.45) is 5.73 Å². The Balaban J connectivity index is 1.77. The molecule has 2 aromatic carbocycles. The van der Waals surface area contributed by atoms with Crippen LogP contribution in [0.15, 0.2) is 48.5 Å². The molecule has 0 unspecified atom stereocenters. The van der Waals surface area contributed by atoms with Crippen LogP contribution >= 0.6 is 0 Å². The van der Waals surface area contributed by atoms with Crippen LogP contribution in [0.3, 0.4) is 0 Å². The molecule has 7 nitrogen and oxygen atoms in total. The molecule has 7 heteroatoms. The minimum absolute atomic E-state index is 0.0266. The molecule has 2 rings (SSSR count). The molecule has 0 radical (unpaired) electrons. The van der Waals surface area contributed by atoms with Gasteiger partial charge < -0.3 is 20.9 Å². The molecule has 0 heterocycles. The van der Waals surface area contributed by atoms with E-state index in [-0.39, 0.29) is 17.3 Å². The van der Waals surface area contributed by atoms with E-state index in [9.17, 15) is 9.59 Å². The van der Waals surface area contributed by atoms with Crippen LogP contribution in [-0.2, 0) is 0 Å². The monoisotopic (exact) mass is 341 g/mol. The molecule has 0 bridgehead atoms. The summed E-state index contributed by atoms with van der Waals surface area (Å²) in [5, 5.41) is 19.0. The van der Waals surface area contributed by atoms with Gasteiger partial charge in [0.05, 0.1) is 12.2 Å². The zero-order valence-corrected chi connectivity index (χ0v) is 13.5. The summed E-state index contributed by atoms with van der Waals surface area (Å²) in [6, 6.07) is 12.8. The summed E-state index contributed by atoms with van der Waals surface area (Å²) >= 11 is 0. The molecule has 0 saturated carbocycles. The predicted octanol–water partition coefficient (Wildman–Crippen LogP) is 1.87. The molecule has 25 heavy (non-hydrogen) atoms. The Morgan fingerprint density at radius 1 is 1.08 bits per heavy atom. The summed E-state index contributed by atoms with van der Waals surface area (Å²) in [4.78, 5) is 22.9. The largest absolute Gasteiger partial charge is 0.494 e. The van der Waals surface area contributed by atoms with Crippen molar-refractivity contribution in [3.05, 3.63) is 65.2 Å². The standard InChI is InChI=1S/C18H19N3O4/c19-16(20)12-4-2-7-15(11-12)25-9-3-8-21-17(22)13-5-1-6-14(10-13)18(23)24/h1-2,4-7,10-11H,3,8-9H2,(H3,19,20)(H,21,22)(H,23,24). The van der Waals surface area contributed by atoms with Crippen molar-refractivity contribution in [2.45, 2.75) is 6.42 Å². The summed E-state index contributed by atoms with van der Waals surface area (Å²) in [6.45, 7) is 0.777. The van der Waals surface area contributed by atoms with Crippen molar-refractivity contribution < 1.29 is 19.4 Å². The smallest absolute Gasteiger partial charge is 0.335 e. The van der Waals surface area contributed by atoms with Crippen molar-refractivity contribution in [1.29, 1.82) is 5.41 Å². The van der Waals surface area contributed by atoms with Crippen LogP contribution in [0, 0.1) is 5.41 Å². The first-order valence-electron chi connectivity index (χ1n) is 7.66. The number of nitrogen functional groups attached to an aromatic ring is 1. The molecule has 0 atom stereocenters. The third kappa shape index (κ3) is 5.35. The zero-order valence-electron chi connectivity index (χ0n) is 13.5. The molecule has 0 spiro atoms. The summed E-state index contributed by atoms with van der Waals surface area (Å²) in [5.74, 6) is -0.827. The molecule has 5 N–H and O–H groups in total. The van der Waals surface area contributed by atoms with Gasteiger partial charge in [-0.15, -0.1) is 0 Å². The fourth-order valence-electron chi connectivity index (χ4n) is 2.11. The van der Waals surface area contributed by atoms with Crippen LogP contribution in [-0.4, -0.2) is 36.0 Å². The highest BCUT2D eigenvalue weighted by molar-refractivity contribution is 5.97. The maximum Gasteiger partial charge on any atom is 0.335 e. The maximum absolute atomic E-state index is 12.0. The van der Waals surface area contributed by atoms with Gasteiger partial charge >= 0.3 is 5.97 Å². The number of hydrogen-bond acceptors (Lipinski definition) is 4. The van der Waals surface area contributed by atoms with Crippen molar-refractivity contribution >= 4 is 17.7 Å². The number of nitrogens with one attached hydrogen (secondary N) is 2. The van der Waals surface area contributed by atoms with E-state index in [1.807, 2.05) is 0 Å². The normalized spacial score (nSPS) is 10.1. The Labute approximate surface area is 144 Å².